The van der Waals surface area contributed by atoms with Gasteiger partial charge in [0.25, 0.3) is 0 Å². The largest absolute Gasteiger partial charge is 0.374 e. The van der Waals surface area contributed by atoms with Crippen molar-refractivity contribution in [3.8, 4) is 33.5 Å². The Hall–Kier alpha value is -2.97. The highest BCUT2D eigenvalue weighted by Crippen LogP contribution is 2.52. The molecular weight excluding hydrogens is 390 g/mol. The molecule has 0 saturated heterocycles. The van der Waals surface area contributed by atoms with E-state index in [1.54, 1.807) is 0 Å². The Morgan fingerprint density at radius 1 is 0.906 bits per heavy atom. The van der Waals surface area contributed by atoms with E-state index in [4.69, 9.17) is 4.74 Å². The number of methoxy groups -OCH3 is 1. The first-order chi connectivity index (χ1) is 15.5. The number of aromatic nitrogens is 1. The Labute approximate surface area is 190 Å². The summed E-state index contributed by atoms with van der Waals surface area (Å²) < 4.78 is 8.37. The normalized spacial score (nSPS) is 16.4. The molecule has 0 bridgehead atoms. The zero-order chi connectivity index (χ0) is 22.1. The minimum absolute atomic E-state index is 0.0884. The SMILES string of the molecule is CO[C@H](C)[C@@H]1c2cc(C)cc3c2-c2c4c(cc(CC(C)C)cc4cc[n+]21)-c1ccccc1-3. The average Bonchev–Trinajstić information content (AvgIpc) is 3.04. The van der Waals surface area contributed by atoms with Crippen LogP contribution in [-0.4, -0.2) is 13.2 Å². The van der Waals surface area contributed by atoms with Crippen LogP contribution < -0.4 is 4.57 Å². The average molecular weight is 421 g/mol. The fourth-order valence-electron chi connectivity index (χ4n) is 6.01. The van der Waals surface area contributed by atoms with Crippen molar-refractivity contribution < 1.29 is 9.30 Å². The highest BCUT2D eigenvalue weighted by atomic mass is 16.5. The summed E-state index contributed by atoms with van der Waals surface area (Å²) in [5.74, 6) is 0.628. The van der Waals surface area contributed by atoms with Crippen molar-refractivity contribution in [2.75, 3.05) is 7.11 Å². The fourth-order valence-corrected chi connectivity index (χ4v) is 6.01. The highest BCUT2D eigenvalue weighted by molar-refractivity contribution is 6.12. The van der Waals surface area contributed by atoms with Gasteiger partial charge in [0.05, 0.1) is 10.9 Å². The molecule has 0 amide bonds. The van der Waals surface area contributed by atoms with Crippen molar-refractivity contribution in [2.24, 2.45) is 5.92 Å². The predicted octanol–water partition coefficient (Wildman–Crippen LogP) is 6.89. The van der Waals surface area contributed by atoms with Gasteiger partial charge in [0.15, 0.2) is 6.20 Å². The Bertz CT molecular complexity index is 1400. The fraction of sp³-hybridized carbons (Fsp3) is 0.300. The maximum Gasteiger partial charge on any atom is 0.222 e. The number of fused-ring (bicyclic) bond motifs is 3. The summed E-state index contributed by atoms with van der Waals surface area (Å²) in [5, 5.41) is 2.71. The van der Waals surface area contributed by atoms with Gasteiger partial charge >= 0.3 is 0 Å². The van der Waals surface area contributed by atoms with Gasteiger partial charge in [-0.25, -0.2) is 0 Å². The monoisotopic (exact) mass is 420 g/mol. The smallest absolute Gasteiger partial charge is 0.222 e. The van der Waals surface area contributed by atoms with E-state index in [9.17, 15) is 0 Å². The second-order valence-corrected chi connectivity index (χ2v) is 9.99. The molecule has 0 N–H and O–H groups in total. The molecule has 2 nitrogen and oxygen atoms in total. The highest BCUT2D eigenvalue weighted by Gasteiger charge is 2.44. The van der Waals surface area contributed by atoms with E-state index in [1.807, 2.05) is 7.11 Å². The molecule has 2 heteroatoms. The first kappa shape index (κ1) is 19.7. The number of hydrogen-bond acceptors (Lipinski definition) is 1. The van der Waals surface area contributed by atoms with Crippen LogP contribution in [0.2, 0.25) is 0 Å². The first-order valence-electron chi connectivity index (χ1n) is 11.8. The van der Waals surface area contributed by atoms with Crippen molar-refractivity contribution >= 4 is 10.8 Å². The number of pyridine rings is 1. The van der Waals surface area contributed by atoms with E-state index in [0.717, 1.165) is 6.42 Å². The van der Waals surface area contributed by atoms with Crippen LogP contribution in [0, 0.1) is 12.8 Å². The number of benzene rings is 3. The topological polar surface area (TPSA) is 13.1 Å². The number of aryl methyl sites for hydroxylation is 1. The lowest BCUT2D eigenvalue weighted by molar-refractivity contribution is -0.703. The molecule has 2 heterocycles. The molecule has 32 heavy (non-hydrogen) atoms. The zero-order valence-electron chi connectivity index (χ0n) is 19.6. The third-order valence-electron chi connectivity index (χ3n) is 7.27. The van der Waals surface area contributed by atoms with Gasteiger partial charge < -0.3 is 4.74 Å². The summed E-state index contributed by atoms with van der Waals surface area (Å²) in [5.41, 5.74) is 12.2. The van der Waals surface area contributed by atoms with E-state index < -0.39 is 0 Å². The summed E-state index contributed by atoms with van der Waals surface area (Å²) in [6, 6.07) is 21.1. The van der Waals surface area contributed by atoms with Crippen LogP contribution in [0.5, 0.6) is 0 Å². The van der Waals surface area contributed by atoms with Crippen LogP contribution in [0.4, 0.5) is 0 Å². The second-order valence-electron chi connectivity index (χ2n) is 9.99. The van der Waals surface area contributed by atoms with E-state index in [1.165, 1.54) is 61.0 Å². The Morgan fingerprint density at radius 2 is 1.66 bits per heavy atom. The number of rotatable bonds is 4. The molecule has 6 rings (SSSR count). The van der Waals surface area contributed by atoms with Gasteiger partial charge in [-0.1, -0.05) is 56.3 Å². The van der Waals surface area contributed by atoms with Crippen molar-refractivity contribution in [3.63, 3.8) is 0 Å². The number of nitrogens with zero attached hydrogens (tertiary/aromatic N) is 1. The molecule has 0 spiro atoms. The van der Waals surface area contributed by atoms with E-state index in [2.05, 4.69) is 93.1 Å². The Kier molecular flexibility index (Phi) is 4.32. The molecule has 1 aliphatic carbocycles. The zero-order valence-corrected chi connectivity index (χ0v) is 19.6. The molecule has 0 unspecified atom stereocenters. The number of ether oxygens (including phenoxy) is 1. The van der Waals surface area contributed by atoms with Gasteiger partial charge in [-0.05, 0) is 71.0 Å². The molecule has 2 aliphatic rings. The Balaban J connectivity index is 1.82. The van der Waals surface area contributed by atoms with Crippen molar-refractivity contribution in [1.29, 1.82) is 0 Å². The lowest BCUT2D eigenvalue weighted by Gasteiger charge is -2.18. The standard InChI is InChI=1S/C30H30NO/c1-17(2)12-20-15-21-10-11-31-29(19(4)32-5)26-14-18(3)13-24-22-8-6-7-9-23(22)25(16-20)27(21)30(31)28(24)26/h6-11,13-17,19,29H,12H2,1-5H3/q+1/t19-,29-/m1/s1. The van der Waals surface area contributed by atoms with Gasteiger partial charge in [-0.15, -0.1) is 0 Å². The lowest BCUT2D eigenvalue weighted by Crippen LogP contribution is -2.44. The van der Waals surface area contributed by atoms with Gasteiger partial charge in [0.1, 0.15) is 6.10 Å². The molecule has 1 aliphatic heterocycles. The molecule has 160 valence electrons. The maximum atomic E-state index is 5.90. The van der Waals surface area contributed by atoms with E-state index >= 15 is 0 Å². The lowest BCUT2D eigenvalue weighted by atomic mass is 9.88. The van der Waals surface area contributed by atoms with Gasteiger partial charge in [-0.3, -0.25) is 0 Å². The first-order valence-corrected chi connectivity index (χ1v) is 11.8. The van der Waals surface area contributed by atoms with Gasteiger partial charge in [0, 0.05) is 18.7 Å². The maximum absolute atomic E-state index is 5.90. The molecule has 0 radical (unpaired) electrons. The minimum Gasteiger partial charge on any atom is -0.374 e. The minimum atomic E-state index is 0.0884. The van der Waals surface area contributed by atoms with Crippen LogP contribution in [0.25, 0.3) is 44.3 Å². The molecule has 4 aromatic rings. The van der Waals surface area contributed by atoms with Gasteiger partial charge in [-0.2, -0.15) is 4.57 Å². The summed E-state index contributed by atoms with van der Waals surface area (Å²) in [7, 11) is 1.82. The van der Waals surface area contributed by atoms with E-state index in [0.29, 0.717) is 5.92 Å². The second kappa shape index (κ2) is 7.02. The summed E-state index contributed by atoms with van der Waals surface area (Å²) in [4.78, 5) is 0. The van der Waals surface area contributed by atoms with Crippen LogP contribution in [0.15, 0.2) is 60.8 Å². The summed E-state index contributed by atoms with van der Waals surface area (Å²) >= 11 is 0. The molecule has 0 saturated carbocycles. The van der Waals surface area contributed by atoms with Crippen LogP contribution in [0.3, 0.4) is 0 Å². The predicted molar refractivity (Wildman–Crippen MR) is 132 cm³/mol. The molecule has 1 aromatic heterocycles. The van der Waals surface area contributed by atoms with Crippen LogP contribution >= 0.6 is 0 Å². The molecule has 3 aromatic carbocycles. The molecule has 0 fully saturated rings. The number of hydrogen-bond donors (Lipinski definition) is 0. The third kappa shape index (κ3) is 2.66. The third-order valence-corrected chi connectivity index (χ3v) is 7.27. The van der Waals surface area contributed by atoms with Crippen molar-refractivity contribution in [2.45, 2.75) is 46.3 Å². The van der Waals surface area contributed by atoms with Crippen LogP contribution in [-0.2, 0) is 11.2 Å². The van der Waals surface area contributed by atoms with Crippen molar-refractivity contribution in [1.82, 2.24) is 0 Å². The summed E-state index contributed by atoms with van der Waals surface area (Å²) in [6.45, 7) is 9.01. The summed E-state index contributed by atoms with van der Waals surface area (Å²) in [6.07, 6.45) is 3.47. The Morgan fingerprint density at radius 3 is 2.38 bits per heavy atom. The quantitative estimate of drug-likeness (QED) is 0.289. The molecule has 2 atom stereocenters. The van der Waals surface area contributed by atoms with Gasteiger partial charge in [0.2, 0.25) is 11.7 Å². The van der Waals surface area contributed by atoms with Crippen molar-refractivity contribution in [3.05, 3.63) is 77.5 Å². The van der Waals surface area contributed by atoms with Crippen LogP contribution in [0.1, 0.15) is 43.5 Å². The molecular formula is C30H30NO+. The van der Waals surface area contributed by atoms with E-state index in [-0.39, 0.29) is 12.1 Å².